The van der Waals surface area contributed by atoms with Gasteiger partial charge in [-0.2, -0.15) is 0 Å². The van der Waals surface area contributed by atoms with Crippen LogP contribution >= 0.6 is 0 Å². The summed E-state index contributed by atoms with van der Waals surface area (Å²) < 4.78 is 5.20. The van der Waals surface area contributed by atoms with Crippen LogP contribution in [0.2, 0.25) is 0 Å². The number of aliphatic hydroxyl groups is 2. The third-order valence-corrected chi connectivity index (χ3v) is 11.9. The zero-order valence-electron chi connectivity index (χ0n) is 36.2. The van der Waals surface area contributed by atoms with Gasteiger partial charge in [0, 0.05) is 110 Å². The monoisotopic (exact) mass is 933 g/mol. The molecule has 0 radical (unpaired) electrons. The van der Waals surface area contributed by atoms with Crippen molar-refractivity contribution in [2.75, 3.05) is 59.5 Å². The maximum atomic E-state index is 14.2. The first-order valence-electron chi connectivity index (χ1n) is 20.9. The van der Waals surface area contributed by atoms with Crippen LogP contribution in [0.5, 0.6) is 0 Å². The summed E-state index contributed by atoms with van der Waals surface area (Å²) >= 11 is 0. The number of aliphatic hydroxyl groups excluding tert-OH is 2. The average molecular weight is 934 g/mol. The summed E-state index contributed by atoms with van der Waals surface area (Å²) in [6.45, 7) is 13.8. The van der Waals surface area contributed by atoms with Gasteiger partial charge in [-0.15, -0.1) is 22.1 Å². The van der Waals surface area contributed by atoms with Crippen LogP contribution < -0.4 is 32.1 Å². The standard InChI is InChI=1S/C44H63N9O7.Pd/c1-8-29-23(2)32-20-37-40(27(6)55)25(4)34(50-37)18-33-24(3)30(9-10-38(57)47-13-16-53(14-11-45)15-12-46)42(51-33)31(17-39(58)60-7)43-41(44(59)48-21-28(56)22-54)26(5)35(52-43)19-36(29)49-32;/h18-20,23-24,28-30,54,56H,8-17,21-22,45-46H2,1-7H3,(H4,47,48,49,50,51,52,55,57,59);/q;+2/p-2/t23-,24+,28?,29-,30+;/m1./s1. The number of hydrogen-bond acceptors (Lipinski definition) is 12. The van der Waals surface area contributed by atoms with Crippen LogP contribution in [0.4, 0.5) is 0 Å². The van der Waals surface area contributed by atoms with E-state index in [4.69, 9.17) is 36.1 Å². The van der Waals surface area contributed by atoms with E-state index in [1.54, 1.807) is 6.92 Å². The molecule has 0 aliphatic carbocycles. The fraction of sp³-hybridized carbons (Fsp3) is 0.545. The van der Waals surface area contributed by atoms with E-state index in [0.29, 0.717) is 95.9 Å². The van der Waals surface area contributed by atoms with Crippen LogP contribution in [-0.4, -0.2) is 114 Å². The van der Waals surface area contributed by atoms with E-state index in [2.05, 4.69) is 29.4 Å². The summed E-state index contributed by atoms with van der Waals surface area (Å²) in [7, 11) is 1.28. The molecule has 2 amide bonds. The Balaban J connectivity index is 0.00000819. The quantitative estimate of drug-likeness (QED) is 0.0610. The number of amides is 2. The Hall–Kier alpha value is -4.34. The molecular weight excluding hydrogens is 873 g/mol. The Morgan fingerprint density at radius 3 is 2.11 bits per heavy atom. The molecule has 2 aliphatic heterocycles. The number of ketones is 1. The number of esters is 1. The number of nitrogens with zero attached hydrogens (tertiary/aromatic N) is 5. The second-order valence-electron chi connectivity index (χ2n) is 15.9. The molecule has 5 heterocycles. The van der Waals surface area contributed by atoms with Gasteiger partial charge < -0.3 is 47.0 Å². The molecule has 8 N–H and O–H groups in total. The predicted octanol–water partition coefficient (Wildman–Crippen LogP) is 2.49. The van der Waals surface area contributed by atoms with Crippen molar-refractivity contribution in [1.29, 1.82) is 0 Å². The molecule has 8 bridgehead atoms. The SMILES string of the molecule is CC[C@H]1c2cc3[n-]c(c(CC(=O)OC)c4nc(cc5[n-]c(cc(n2)[C@@H]1C)c(C(C)=O)c5C)[C@@H](C)[C@@H]4CCC(=O)NCCN(CCN)CCN)c(C(=O)NCC(O)CO)c3C.[Pd+2]. The number of nitrogens with one attached hydrogen (secondary N) is 2. The first-order chi connectivity index (χ1) is 28.7. The van der Waals surface area contributed by atoms with E-state index in [0.717, 1.165) is 17.8 Å². The molecule has 3 aromatic heterocycles. The molecule has 3 aromatic rings. The molecule has 5 rings (SSSR count). The van der Waals surface area contributed by atoms with Crippen LogP contribution in [0, 0.1) is 13.8 Å². The van der Waals surface area contributed by atoms with Crippen molar-refractivity contribution < 1.29 is 54.6 Å². The minimum Gasteiger partial charge on any atom is -0.657 e. The van der Waals surface area contributed by atoms with E-state index < -0.39 is 30.5 Å². The third kappa shape index (κ3) is 11.2. The van der Waals surface area contributed by atoms with Crippen LogP contribution in [0.25, 0.3) is 22.1 Å². The van der Waals surface area contributed by atoms with Crippen molar-refractivity contribution >= 4 is 45.6 Å². The van der Waals surface area contributed by atoms with Crippen LogP contribution in [0.15, 0.2) is 18.2 Å². The normalized spacial score (nSPS) is 17.8. The Labute approximate surface area is 371 Å². The number of carbonyl (C=O) groups excluding carboxylic acids is 4. The maximum absolute atomic E-state index is 14.2. The maximum Gasteiger partial charge on any atom is 2.00 e. The Kier molecular flexibility index (Phi) is 17.9. The Morgan fingerprint density at radius 2 is 1.49 bits per heavy atom. The van der Waals surface area contributed by atoms with Gasteiger partial charge in [0.1, 0.15) is 0 Å². The molecule has 0 aromatic carbocycles. The van der Waals surface area contributed by atoms with Crippen molar-refractivity contribution in [1.82, 2.24) is 35.5 Å². The Morgan fingerprint density at radius 1 is 0.885 bits per heavy atom. The number of Topliss-reactive ketones (excluding diaryl/α,β-unsaturated/α-hetero) is 1. The summed E-state index contributed by atoms with van der Waals surface area (Å²) in [5.74, 6) is -2.20. The summed E-state index contributed by atoms with van der Waals surface area (Å²) in [6.07, 6.45) is -0.270. The summed E-state index contributed by atoms with van der Waals surface area (Å²) in [5, 5.41) is 25.4. The van der Waals surface area contributed by atoms with Crippen molar-refractivity contribution in [3.8, 4) is 0 Å². The fourth-order valence-electron chi connectivity index (χ4n) is 8.48. The van der Waals surface area contributed by atoms with Crippen molar-refractivity contribution in [2.24, 2.45) is 11.5 Å². The van der Waals surface area contributed by atoms with Gasteiger partial charge in [-0.25, -0.2) is 0 Å². The smallest absolute Gasteiger partial charge is 0.657 e. The van der Waals surface area contributed by atoms with E-state index in [-0.39, 0.29) is 80.3 Å². The van der Waals surface area contributed by atoms with Crippen molar-refractivity contribution in [3.05, 3.63) is 68.8 Å². The Bertz CT molecular complexity index is 2230. The number of fused-ring (bicyclic) bond motifs is 8. The molecule has 0 saturated carbocycles. The minimum absolute atomic E-state index is 0. The van der Waals surface area contributed by atoms with Crippen LogP contribution in [0.3, 0.4) is 0 Å². The van der Waals surface area contributed by atoms with Gasteiger partial charge in [-0.1, -0.05) is 50.1 Å². The number of hydrogen-bond donors (Lipinski definition) is 6. The van der Waals surface area contributed by atoms with Gasteiger partial charge >= 0.3 is 26.4 Å². The van der Waals surface area contributed by atoms with Gasteiger partial charge in [0.15, 0.2) is 5.78 Å². The zero-order chi connectivity index (χ0) is 43.8. The molecule has 0 fully saturated rings. The summed E-state index contributed by atoms with van der Waals surface area (Å²) in [4.78, 5) is 76.5. The third-order valence-electron chi connectivity index (χ3n) is 11.9. The largest absolute Gasteiger partial charge is 2.00 e. The topological polar surface area (TPSA) is 251 Å². The van der Waals surface area contributed by atoms with Gasteiger partial charge in [0.25, 0.3) is 0 Å². The van der Waals surface area contributed by atoms with Gasteiger partial charge in [0.05, 0.1) is 26.2 Å². The number of nitrogens with two attached hydrogens (primary N) is 2. The number of rotatable bonds is 18. The second kappa shape index (κ2) is 22.1. The minimum atomic E-state index is -1.20. The van der Waals surface area contributed by atoms with Crippen LogP contribution in [-0.2, 0) is 41.2 Å². The molecule has 5 atom stereocenters. The first kappa shape index (κ1) is 49.3. The van der Waals surface area contributed by atoms with Gasteiger partial charge in [-0.3, -0.25) is 34.0 Å². The molecule has 17 heteroatoms. The van der Waals surface area contributed by atoms with Gasteiger partial charge in [-0.05, 0) is 39.2 Å². The van der Waals surface area contributed by atoms with Crippen LogP contribution in [0.1, 0.15) is 131 Å². The number of carbonyl (C=O) groups is 4. The first-order valence-corrected chi connectivity index (χ1v) is 20.9. The molecule has 0 spiro atoms. The number of methoxy groups -OCH3 is 1. The molecule has 334 valence electrons. The molecule has 1 unspecified atom stereocenters. The second-order valence-corrected chi connectivity index (χ2v) is 15.9. The van der Waals surface area contributed by atoms with E-state index in [9.17, 15) is 29.4 Å². The van der Waals surface area contributed by atoms with Gasteiger partial charge in [0.2, 0.25) is 11.8 Å². The number of ether oxygens (including phenoxy) is 1. The predicted molar refractivity (Wildman–Crippen MR) is 229 cm³/mol. The molecular formula is C44H61N9O7Pd. The fourth-order valence-corrected chi connectivity index (χ4v) is 8.48. The average Bonchev–Trinajstić information content (AvgIpc) is 3.90. The van der Waals surface area contributed by atoms with E-state index in [1.807, 2.05) is 32.0 Å². The summed E-state index contributed by atoms with van der Waals surface area (Å²) in [6, 6.07) is 5.60. The number of aryl methyl sites for hydroxylation is 2. The molecule has 0 saturated heterocycles. The number of aromatic nitrogens is 4. The molecule has 61 heavy (non-hydrogen) atoms. The van der Waals surface area contributed by atoms with E-state index >= 15 is 0 Å². The molecule has 2 aliphatic rings. The zero-order valence-corrected chi connectivity index (χ0v) is 37.8. The van der Waals surface area contributed by atoms with Crippen molar-refractivity contribution in [2.45, 2.75) is 97.0 Å². The van der Waals surface area contributed by atoms with E-state index in [1.165, 1.54) is 14.0 Å². The van der Waals surface area contributed by atoms with Crippen molar-refractivity contribution in [3.63, 3.8) is 0 Å². The summed E-state index contributed by atoms with van der Waals surface area (Å²) in [5.41, 5.74) is 18.1. The molecule has 16 nitrogen and oxygen atoms in total.